The van der Waals surface area contributed by atoms with E-state index in [0.29, 0.717) is 60.9 Å². The van der Waals surface area contributed by atoms with Crippen molar-refractivity contribution < 1.29 is 19.4 Å². The molecule has 2 aromatic rings. The van der Waals surface area contributed by atoms with E-state index in [1.807, 2.05) is 6.92 Å². The van der Waals surface area contributed by atoms with E-state index in [9.17, 15) is 20.6 Å². The highest BCUT2D eigenvalue weighted by Crippen LogP contribution is 2.54. The normalized spacial score (nSPS) is 23.6. The molecule has 6 rings (SSSR count). The maximum Gasteiger partial charge on any atom is 0.269 e. The van der Waals surface area contributed by atoms with Gasteiger partial charge in [0.1, 0.15) is 40.2 Å². The molecule has 14 heteroatoms. The number of nitrogens with one attached hydrogen (secondary N) is 4. The van der Waals surface area contributed by atoms with Crippen LogP contribution in [0.15, 0.2) is 29.7 Å². The number of fused-ring (bicyclic) bond motifs is 2. The van der Waals surface area contributed by atoms with Crippen LogP contribution in [0.5, 0.6) is 5.88 Å². The summed E-state index contributed by atoms with van der Waals surface area (Å²) >= 11 is 1.42. The zero-order valence-electron chi connectivity index (χ0n) is 26.7. The maximum absolute atomic E-state index is 12.3. The molecule has 4 heterocycles. The molecule has 3 atom stereocenters. The van der Waals surface area contributed by atoms with E-state index in [1.54, 1.807) is 6.07 Å². The van der Waals surface area contributed by atoms with Gasteiger partial charge in [0.05, 0.1) is 30.2 Å². The highest BCUT2D eigenvalue weighted by Gasteiger charge is 2.47. The highest BCUT2D eigenvalue weighted by molar-refractivity contribution is 7.16. The van der Waals surface area contributed by atoms with Gasteiger partial charge in [0.15, 0.2) is 5.82 Å². The zero-order chi connectivity index (χ0) is 33.3. The van der Waals surface area contributed by atoms with E-state index in [0.717, 1.165) is 42.7 Å². The molecule has 0 saturated carbocycles. The summed E-state index contributed by atoms with van der Waals surface area (Å²) in [6.45, 7) is 3.86. The second kappa shape index (κ2) is 13.4. The minimum absolute atomic E-state index is 0.0200. The lowest BCUT2D eigenvalue weighted by Crippen LogP contribution is -2.50. The fraction of sp³-hybridized carbons (Fsp3) is 0.515. The molecule has 1 spiro atoms. The van der Waals surface area contributed by atoms with Crippen molar-refractivity contribution in [2.24, 2.45) is 0 Å². The molecule has 2 aliphatic heterocycles. The second-order valence-electron chi connectivity index (χ2n) is 12.8. The number of hydrogen-bond donors (Lipinski definition) is 6. The van der Waals surface area contributed by atoms with Crippen molar-refractivity contribution in [2.45, 2.75) is 81.9 Å². The monoisotopic (exact) mass is 659 g/mol. The summed E-state index contributed by atoms with van der Waals surface area (Å²) in [5.74, 6) is 0.228. The Bertz CT molecular complexity index is 1690. The molecule has 47 heavy (non-hydrogen) atoms. The van der Waals surface area contributed by atoms with Gasteiger partial charge in [-0.1, -0.05) is 0 Å². The van der Waals surface area contributed by atoms with E-state index >= 15 is 0 Å². The summed E-state index contributed by atoms with van der Waals surface area (Å²) in [5, 5.41) is 45.5. The molecule has 0 radical (unpaired) electrons. The topological polar surface area (TPSA) is 206 Å². The van der Waals surface area contributed by atoms with Gasteiger partial charge in [0.25, 0.3) is 5.91 Å². The van der Waals surface area contributed by atoms with Crippen molar-refractivity contribution in [2.75, 3.05) is 37.9 Å². The van der Waals surface area contributed by atoms with Crippen LogP contribution < -0.4 is 21.1 Å². The van der Waals surface area contributed by atoms with Gasteiger partial charge in [-0.2, -0.15) is 10.2 Å². The van der Waals surface area contributed by atoms with Gasteiger partial charge >= 0.3 is 0 Å². The quantitative estimate of drug-likeness (QED) is 0.203. The Hall–Kier alpha value is -4.32. The van der Waals surface area contributed by atoms with Crippen LogP contribution in [0.1, 0.15) is 73.7 Å². The van der Waals surface area contributed by atoms with Crippen LogP contribution in [0.2, 0.25) is 0 Å². The largest absolute Gasteiger partial charge is 0.511 e. The number of likely N-dealkylation sites (tertiary alicyclic amines) is 1. The Morgan fingerprint density at radius 3 is 2.74 bits per heavy atom. The SMILES string of the molecule is C[C@H](Oc1cc(N/C=C\C(=N)C(=O)NC2COC2)nc(C(=N)C2=C(O)[C@@]3(CCC2)CCCc2sc(N)c(C#N)c23)n1)[C@@H]1CCCN1C. The summed E-state index contributed by atoms with van der Waals surface area (Å²) in [6.07, 6.45) is 8.82. The van der Waals surface area contributed by atoms with Gasteiger partial charge in [-0.3, -0.25) is 20.5 Å². The number of nitrogens with zero attached hydrogens (tertiary/aromatic N) is 4. The lowest BCUT2D eigenvalue weighted by atomic mass is 9.63. The van der Waals surface area contributed by atoms with Crippen LogP contribution in [0.4, 0.5) is 10.8 Å². The molecule has 0 bridgehead atoms. The Kier molecular flexibility index (Phi) is 9.32. The molecule has 13 nitrogen and oxygen atoms in total. The highest BCUT2D eigenvalue weighted by atomic mass is 32.1. The molecule has 1 amide bonds. The summed E-state index contributed by atoms with van der Waals surface area (Å²) in [4.78, 5) is 24.8. The number of ether oxygens (including phenoxy) is 2. The van der Waals surface area contributed by atoms with Gasteiger partial charge in [0.2, 0.25) is 5.88 Å². The first-order valence-electron chi connectivity index (χ1n) is 16.1. The number of carbonyl (C=O) groups is 1. The average molecular weight is 660 g/mol. The van der Waals surface area contributed by atoms with Crippen LogP contribution in [0.25, 0.3) is 0 Å². The number of nitriles is 1. The molecule has 2 aliphatic carbocycles. The van der Waals surface area contributed by atoms with Crippen molar-refractivity contribution in [3.8, 4) is 11.9 Å². The first-order chi connectivity index (χ1) is 22.6. The van der Waals surface area contributed by atoms with Crippen LogP contribution >= 0.6 is 11.3 Å². The van der Waals surface area contributed by atoms with Gasteiger partial charge in [-0.05, 0) is 83.5 Å². The molecule has 0 aromatic carbocycles. The summed E-state index contributed by atoms with van der Waals surface area (Å²) < 4.78 is 11.4. The van der Waals surface area contributed by atoms with Gasteiger partial charge in [-0.15, -0.1) is 11.3 Å². The number of hydrogen-bond acceptors (Lipinski definition) is 13. The fourth-order valence-electron chi connectivity index (χ4n) is 7.26. The summed E-state index contributed by atoms with van der Waals surface area (Å²) in [6, 6.07) is 4.02. The second-order valence-corrected chi connectivity index (χ2v) is 13.9. The summed E-state index contributed by atoms with van der Waals surface area (Å²) in [5.41, 5.74) is 6.90. The van der Waals surface area contributed by atoms with Crippen molar-refractivity contribution in [1.82, 2.24) is 20.2 Å². The number of aromatic nitrogens is 2. The van der Waals surface area contributed by atoms with Crippen LogP contribution in [-0.4, -0.2) is 82.3 Å². The van der Waals surface area contributed by atoms with E-state index in [-0.39, 0.29) is 47.1 Å². The molecule has 0 unspecified atom stereocenters. The van der Waals surface area contributed by atoms with Gasteiger partial charge in [0, 0.05) is 28.8 Å². The van der Waals surface area contributed by atoms with Crippen molar-refractivity contribution >= 4 is 39.5 Å². The molecular formula is C33H41N9O4S. The van der Waals surface area contributed by atoms with E-state index in [2.05, 4.69) is 38.6 Å². The number of aryl methyl sites for hydroxylation is 1. The van der Waals surface area contributed by atoms with E-state index < -0.39 is 11.3 Å². The Morgan fingerprint density at radius 2 is 2.06 bits per heavy atom. The van der Waals surface area contributed by atoms with Crippen molar-refractivity contribution in [3.63, 3.8) is 0 Å². The number of amides is 1. The fourth-order valence-corrected chi connectivity index (χ4v) is 8.42. The molecule has 248 valence electrons. The van der Waals surface area contributed by atoms with Crippen molar-refractivity contribution in [1.29, 1.82) is 16.1 Å². The Balaban J connectivity index is 1.31. The smallest absolute Gasteiger partial charge is 0.269 e. The number of nitrogen functional groups attached to an aromatic ring is 1. The Morgan fingerprint density at radius 1 is 1.30 bits per heavy atom. The predicted octanol–water partition coefficient (Wildman–Crippen LogP) is 3.95. The maximum atomic E-state index is 12.3. The molecule has 2 saturated heterocycles. The van der Waals surface area contributed by atoms with Gasteiger partial charge < -0.3 is 30.9 Å². The number of carbonyl (C=O) groups excluding carboxylic acids is 1. The third-order valence-electron chi connectivity index (χ3n) is 9.73. The first-order valence-corrected chi connectivity index (χ1v) is 16.9. The van der Waals surface area contributed by atoms with E-state index in [1.165, 1.54) is 23.6 Å². The number of aliphatic hydroxyl groups is 1. The number of likely N-dealkylation sites (N-methyl/N-ethyl adjacent to an activating group) is 1. The molecular weight excluding hydrogens is 618 g/mol. The van der Waals surface area contributed by atoms with Crippen LogP contribution in [0.3, 0.4) is 0 Å². The molecule has 2 aromatic heterocycles. The van der Waals surface area contributed by atoms with Crippen molar-refractivity contribution in [3.05, 3.63) is 51.5 Å². The number of allylic oxidation sites excluding steroid dienone is 2. The number of thiophene rings is 1. The lowest BCUT2D eigenvalue weighted by Gasteiger charge is -2.41. The standard InChI is InChI=1S/C33H41N9O4S/c1-18(23-7-5-13-42(23)2)46-26-14-25(38-12-9-22(35)32(44)39-19-16-45-17-19)40-31(41-26)28(36)20-6-3-10-33(29(20)43)11-4-8-24-27(33)21(15-34)30(37)47-24/h9,12,14,18-19,23,35-36,43H,3-8,10-11,13,16-17,37H2,1-2H3,(H,39,44)(H,38,40,41)/b12-9-,35-22?,36-28?/t18-,23-,33-/m0/s1. The number of nitrogens with two attached hydrogens (primary N) is 1. The van der Waals surface area contributed by atoms with Crippen LogP contribution in [0, 0.1) is 22.1 Å². The molecule has 4 aliphatic rings. The lowest BCUT2D eigenvalue weighted by molar-refractivity contribution is -0.118. The minimum Gasteiger partial charge on any atom is -0.511 e. The zero-order valence-corrected chi connectivity index (χ0v) is 27.5. The third-order valence-corrected chi connectivity index (χ3v) is 10.8. The third kappa shape index (κ3) is 6.35. The van der Waals surface area contributed by atoms with Gasteiger partial charge in [-0.25, -0.2) is 4.98 Å². The molecule has 7 N–H and O–H groups in total. The number of rotatable bonds is 10. The number of anilines is 2. The minimum atomic E-state index is -0.779. The average Bonchev–Trinajstić information content (AvgIpc) is 3.62. The van der Waals surface area contributed by atoms with Crippen LogP contribution in [-0.2, 0) is 21.4 Å². The Labute approximate surface area is 277 Å². The summed E-state index contributed by atoms with van der Waals surface area (Å²) in [7, 11) is 2.07. The molecule has 2 fully saturated rings. The van der Waals surface area contributed by atoms with E-state index in [4.69, 9.17) is 20.6 Å². The first kappa shape index (κ1) is 32.6. The number of aliphatic hydroxyl groups excluding tert-OH is 1. The predicted molar refractivity (Wildman–Crippen MR) is 179 cm³/mol.